The average Bonchev–Trinajstić information content (AvgIpc) is 2.91. The lowest BCUT2D eigenvalue weighted by molar-refractivity contribution is -0.161. The van der Waals surface area contributed by atoms with Crippen molar-refractivity contribution in [2.45, 2.75) is 387 Å². The van der Waals surface area contributed by atoms with Gasteiger partial charge in [0.25, 0.3) is 0 Å². The summed E-state index contributed by atoms with van der Waals surface area (Å²) in [4.78, 5) is 72.4. The summed E-state index contributed by atoms with van der Waals surface area (Å²) in [7, 11) is -9.89. The van der Waals surface area contributed by atoms with Crippen LogP contribution >= 0.6 is 15.6 Å². The summed E-state index contributed by atoms with van der Waals surface area (Å²) in [6.07, 6.45) is 51.6. The highest BCUT2D eigenvalue weighted by Gasteiger charge is 2.30. The largest absolute Gasteiger partial charge is 0.472 e. The lowest BCUT2D eigenvalue weighted by Gasteiger charge is -2.21. The molecule has 0 rings (SSSR count). The van der Waals surface area contributed by atoms with Crippen LogP contribution in [0.1, 0.15) is 369 Å². The van der Waals surface area contributed by atoms with Crippen LogP contribution in [0, 0.1) is 5.92 Å². The minimum Gasteiger partial charge on any atom is -0.462 e. The number of aliphatic hydroxyl groups is 1. The van der Waals surface area contributed by atoms with Crippen molar-refractivity contribution in [3.05, 3.63) is 0 Å². The number of unbranched alkanes of at least 4 members (excludes halogenated alkanes) is 43. The number of hydrogen-bond acceptors (Lipinski definition) is 15. The summed E-state index contributed by atoms with van der Waals surface area (Å²) < 4.78 is 68.2. The summed E-state index contributed by atoms with van der Waals surface area (Å²) in [6.45, 7) is 7.14. The topological polar surface area (TPSA) is 237 Å². The molecule has 0 saturated heterocycles. The Balaban J connectivity index is 5.19. The first-order chi connectivity index (χ1) is 43.5. The van der Waals surface area contributed by atoms with E-state index in [0.29, 0.717) is 31.6 Å². The molecule has 0 amide bonds. The fourth-order valence-electron chi connectivity index (χ4n) is 10.8. The van der Waals surface area contributed by atoms with Gasteiger partial charge < -0.3 is 33.8 Å². The molecule has 534 valence electrons. The number of hydrogen-bond donors (Lipinski definition) is 3. The molecule has 0 heterocycles. The zero-order chi connectivity index (χ0) is 66.3. The van der Waals surface area contributed by atoms with E-state index in [9.17, 15) is 43.2 Å². The van der Waals surface area contributed by atoms with Gasteiger partial charge in [-0.3, -0.25) is 37.3 Å². The van der Waals surface area contributed by atoms with Gasteiger partial charge in [0.2, 0.25) is 0 Å². The minimum absolute atomic E-state index is 0.102. The van der Waals surface area contributed by atoms with E-state index in [2.05, 4.69) is 34.6 Å². The predicted octanol–water partition coefficient (Wildman–Crippen LogP) is 20.5. The van der Waals surface area contributed by atoms with Crippen molar-refractivity contribution < 1.29 is 80.2 Å². The van der Waals surface area contributed by atoms with Crippen LogP contribution < -0.4 is 0 Å². The zero-order valence-corrected chi connectivity index (χ0v) is 60.1. The molecule has 2 unspecified atom stereocenters. The lowest BCUT2D eigenvalue weighted by atomic mass is 10.0. The fraction of sp³-hybridized carbons (Fsp3) is 0.944. The molecule has 0 radical (unpaired) electrons. The summed E-state index contributed by atoms with van der Waals surface area (Å²) >= 11 is 0. The zero-order valence-electron chi connectivity index (χ0n) is 58.3. The minimum atomic E-state index is -4.95. The molecule has 19 heteroatoms. The standard InChI is InChI=1S/C71H138O17P2/c1-6-9-12-15-18-21-23-25-27-28-29-31-33-35-37-40-46-51-56-70(75)87-66(60-82-69(74)55-50-45-39-36-34-32-30-26-24-22-19-16-13-10-7-2)62-85-89(77,78)83-58-65(72)59-84-90(79,80)86-63-67(61-81-68(73)54-49-44-38-20-17-14-11-8-3)88-71(76)57-52-47-42-41-43-48-53-64(4)5/h64-67,72H,6-63H2,1-5H3,(H,77,78)(H,79,80)/t65-,66-,67-/m1/s1. The molecule has 0 aliphatic carbocycles. The molecule has 0 spiro atoms. The summed E-state index contributed by atoms with van der Waals surface area (Å²) in [5, 5.41) is 10.6. The second-order valence-corrected chi connectivity index (χ2v) is 29.0. The van der Waals surface area contributed by atoms with Crippen LogP contribution in [0.2, 0.25) is 0 Å². The highest BCUT2D eigenvalue weighted by Crippen LogP contribution is 2.45. The van der Waals surface area contributed by atoms with E-state index in [4.69, 9.17) is 37.0 Å². The number of carbonyl (C=O) groups is 4. The molecule has 90 heavy (non-hydrogen) atoms. The van der Waals surface area contributed by atoms with Crippen molar-refractivity contribution >= 4 is 39.5 Å². The molecule has 0 bridgehead atoms. The molecule has 0 aromatic carbocycles. The number of phosphoric ester groups is 2. The average molecular weight is 1330 g/mol. The highest BCUT2D eigenvalue weighted by atomic mass is 31.2. The SMILES string of the molecule is CCCCCCCCCCCCCCCCCCCCC(=O)O[C@H](COC(=O)CCCCCCCCCCCCCCCCC)COP(=O)(O)OC[C@@H](O)COP(=O)(O)OC[C@@H](COC(=O)CCCCCCCCCC)OC(=O)CCCCCCCCC(C)C. The van der Waals surface area contributed by atoms with E-state index >= 15 is 0 Å². The van der Waals surface area contributed by atoms with Crippen LogP contribution in [-0.2, 0) is 65.4 Å². The molecule has 0 saturated carbocycles. The third-order valence-corrected chi connectivity index (χ3v) is 18.4. The van der Waals surface area contributed by atoms with Crippen LogP contribution in [0.4, 0.5) is 0 Å². The van der Waals surface area contributed by atoms with Crippen LogP contribution in [-0.4, -0.2) is 96.7 Å². The monoisotopic (exact) mass is 1320 g/mol. The molecule has 0 aliphatic heterocycles. The Morgan fingerprint density at radius 2 is 0.511 bits per heavy atom. The molecule has 3 N–H and O–H groups in total. The van der Waals surface area contributed by atoms with Crippen LogP contribution in [0.25, 0.3) is 0 Å². The van der Waals surface area contributed by atoms with Crippen molar-refractivity contribution in [3.63, 3.8) is 0 Å². The smallest absolute Gasteiger partial charge is 0.462 e. The maximum Gasteiger partial charge on any atom is 0.472 e. The Kier molecular flexibility index (Phi) is 63.0. The Labute approximate surface area is 549 Å². The van der Waals surface area contributed by atoms with Gasteiger partial charge in [-0.1, -0.05) is 317 Å². The van der Waals surface area contributed by atoms with Gasteiger partial charge in [-0.2, -0.15) is 0 Å². The maximum absolute atomic E-state index is 13.0. The van der Waals surface area contributed by atoms with Gasteiger partial charge in [-0.25, -0.2) is 9.13 Å². The molecule has 5 atom stereocenters. The summed E-state index contributed by atoms with van der Waals surface area (Å²) in [5.41, 5.74) is 0. The van der Waals surface area contributed by atoms with Crippen molar-refractivity contribution in [1.29, 1.82) is 0 Å². The Bertz CT molecular complexity index is 1740. The molecular weight excluding hydrogens is 1190 g/mol. The quantitative estimate of drug-likeness (QED) is 0.0222. The van der Waals surface area contributed by atoms with Gasteiger partial charge >= 0.3 is 39.5 Å². The first-order valence-electron chi connectivity index (χ1n) is 37.1. The Morgan fingerprint density at radius 1 is 0.300 bits per heavy atom. The Hall–Kier alpha value is -1.94. The normalized spacial score (nSPS) is 14.1. The molecule has 17 nitrogen and oxygen atoms in total. The van der Waals surface area contributed by atoms with Gasteiger partial charge in [0.05, 0.1) is 26.4 Å². The molecule has 0 aromatic rings. The van der Waals surface area contributed by atoms with Crippen molar-refractivity contribution in [3.8, 4) is 0 Å². The number of ether oxygens (including phenoxy) is 4. The first-order valence-corrected chi connectivity index (χ1v) is 40.1. The molecule has 0 fully saturated rings. The van der Waals surface area contributed by atoms with Crippen molar-refractivity contribution in [2.24, 2.45) is 5.92 Å². The van der Waals surface area contributed by atoms with Crippen LogP contribution in [0.3, 0.4) is 0 Å². The Morgan fingerprint density at radius 3 is 0.756 bits per heavy atom. The van der Waals surface area contributed by atoms with Gasteiger partial charge in [0.15, 0.2) is 12.2 Å². The molecular formula is C71H138O17P2. The second kappa shape index (κ2) is 64.4. The number of esters is 4. The number of phosphoric acid groups is 2. The number of carbonyl (C=O) groups excluding carboxylic acids is 4. The summed E-state index contributed by atoms with van der Waals surface area (Å²) in [5.74, 6) is -1.46. The first kappa shape index (κ1) is 88.1. The number of rotatable bonds is 71. The van der Waals surface area contributed by atoms with E-state index in [0.717, 1.165) is 96.3 Å². The third-order valence-electron chi connectivity index (χ3n) is 16.5. The van der Waals surface area contributed by atoms with E-state index in [1.807, 2.05) is 0 Å². The number of aliphatic hydroxyl groups excluding tert-OH is 1. The van der Waals surface area contributed by atoms with Crippen LogP contribution in [0.15, 0.2) is 0 Å². The van der Waals surface area contributed by atoms with E-state index in [1.54, 1.807) is 0 Å². The summed E-state index contributed by atoms with van der Waals surface area (Å²) in [6, 6.07) is 0. The van der Waals surface area contributed by atoms with Crippen molar-refractivity contribution in [1.82, 2.24) is 0 Å². The highest BCUT2D eigenvalue weighted by molar-refractivity contribution is 7.47. The van der Waals surface area contributed by atoms with Crippen molar-refractivity contribution in [2.75, 3.05) is 39.6 Å². The van der Waals surface area contributed by atoms with Gasteiger partial charge in [0, 0.05) is 25.7 Å². The van der Waals surface area contributed by atoms with Gasteiger partial charge in [-0.15, -0.1) is 0 Å². The lowest BCUT2D eigenvalue weighted by Crippen LogP contribution is -2.30. The van der Waals surface area contributed by atoms with Crippen LogP contribution in [0.5, 0.6) is 0 Å². The predicted molar refractivity (Wildman–Crippen MR) is 363 cm³/mol. The van der Waals surface area contributed by atoms with E-state index in [-0.39, 0.29) is 25.7 Å². The second-order valence-electron chi connectivity index (χ2n) is 26.1. The fourth-order valence-corrected chi connectivity index (χ4v) is 12.4. The van der Waals surface area contributed by atoms with Gasteiger partial charge in [-0.05, 0) is 31.6 Å². The van der Waals surface area contributed by atoms with Gasteiger partial charge in [0.1, 0.15) is 19.3 Å². The molecule has 0 aromatic heterocycles. The van der Waals surface area contributed by atoms with E-state index in [1.165, 1.54) is 186 Å². The van der Waals surface area contributed by atoms with E-state index < -0.39 is 97.5 Å². The maximum atomic E-state index is 13.0. The molecule has 0 aliphatic rings. The third kappa shape index (κ3) is 64.8.